The van der Waals surface area contributed by atoms with Crippen molar-refractivity contribution in [1.29, 1.82) is 0 Å². The minimum absolute atomic E-state index is 0.139. The van der Waals surface area contributed by atoms with E-state index in [1.165, 1.54) is 17.8 Å². The minimum atomic E-state index is -0.615. The van der Waals surface area contributed by atoms with Gasteiger partial charge < -0.3 is 15.5 Å². The molecule has 3 amide bonds. The maximum atomic E-state index is 13.8. The highest BCUT2D eigenvalue weighted by atomic mass is 32.2. The summed E-state index contributed by atoms with van der Waals surface area (Å²) < 4.78 is 13.8. The molecule has 0 aromatic heterocycles. The molecule has 2 fully saturated rings. The second-order valence-corrected chi connectivity index (χ2v) is 8.95. The van der Waals surface area contributed by atoms with Crippen LogP contribution in [-0.2, 0) is 27.3 Å². The van der Waals surface area contributed by atoms with Crippen molar-refractivity contribution in [1.82, 2.24) is 10.6 Å². The molecule has 2 aromatic carbocycles. The lowest BCUT2D eigenvalue weighted by Crippen LogP contribution is -2.54. The number of amides is 3. The van der Waals surface area contributed by atoms with E-state index in [9.17, 15) is 18.8 Å². The first kappa shape index (κ1) is 21.4. The number of nitrogens with zero attached hydrogens (tertiary/aromatic N) is 1. The van der Waals surface area contributed by atoms with Crippen LogP contribution >= 0.6 is 11.8 Å². The molecular weight excluding hydrogens is 417 g/mol. The lowest BCUT2D eigenvalue weighted by atomic mass is 10.1. The van der Waals surface area contributed by atoms with Crippen molar-refractivity contribution >= 4 is 35.2 Å². The van der Waals surface area contributed by atoms with E-state index in [1.807, 2.05) is 24.3 Å². The van der Waals surface area contributed by atoms with Crippen LogP contribution in [0.2, 0.25) is 0 Å². The SMILES string of the molecule is O=C1N[C@@H](C(=O)NCc2ccc(N3CCCC3=O)cc2)CS[C@H]1Cc1ccccc1F. The predicted molar refractivity (Wildman–Crippen MR) is 118 cm³/mol. The number of anilines is 1. The molecule has 162 valence electrons. The third kappa shape index (κ3) is 5.07. The quantitative estimate of drug-likeness (QED) is 0.722. The molecule has 0 saturated carbocycles. The van der Waals surface area contributed by atoms with Crippen molar-refractivity contribution < 1.29 is 18.8 Å². The number of halogens is 1. The van der Waals surface area contributed by atoms with Crippen LogP contribution in [0.5, 0.6) is 0 Å². The Morgan fingerprint density at radius 1 is 1.16 bits per heavy atom. The second kappa shape index (κ2) is 9.51. The normalized spacial score (nSPS) is 21.1. The number of hydrogen-bond acceptors (Lipinski definition) is 4. The van der Waals surface area contributed by atoms with Crippen LogP contribution in [0, 0.1) is 5.82 Å². The Labute approximate surface area is 184 Å². The van der Waals surface area contributed by atoms with Gasteiger partial charge >= 0.3 is 0 Å². The van der Waals surface area contributed by atoms with Crippen LogP contribution in [0.15, 0.2) is 48.5 Å². The number of benzene rings is 2. The molecule has 31 heavy (non-hydrogen) atoms. The number of carbonyl (C=O) groups excluding carboxylic acids is 3. The number of carbonyl (C=O) groups is 3. The lowest BCUT2D eigenvalue weighted by molar-refractivity contribution is -0.128. The standard InChI is InChI=1S/C23H24FN3O3S/c24-18-5-2-1-4-16(18)12-20-23(30)26-19(14-31-20)22(29)25-13-15-7-9-17(10-8-15)27-11-3-6-21(27)28/h1-2,4-5,7-10,19-20H,3,6,11-14H2,(H,25,29)(H,26,30)/t19-,20+/m1/s1. The fourth-order valence-corrected chi connectivity index (χ4v) is 4.95. The van der Waals surface area contributed by atoms with E-state index in [4.69, 9.17) is 0 Å². The zero-order chi connectivity index (χ0) is 21.8. The van der Waals surface area contributed by atoms with Gasteiger partial charge in [-0.25, -0.2) is 4.39 Å². The van der Waals surface area contributed by atoms with Gasteiger partial charge in [0.1, 0.15) is 11.9 Å². The highest BCUT2D eigenvalue weighted by Gasteiger charge is 2.32. The summed E-state index contributed by atoms with van der Waals surface area (Å²) in [7, 11) is 0. The first-order chi connectivity index (χ1) is 15.0. The molecule has 0 bridgehead atoms. The van der Waals surface area contributed by atoms with Gasteiger partial charge in [0.25, 0.3) is 0 Å². The smallest absolute Gasteiger partial charge is 0.243 e. The summed E-state index contributed by atoms with van der Waals surface area (Å²) >= 11 is 1.37. The molecule has 2 aromatic rings. The van der Waals surface area contributed by atoms with Gasteiger partial charge in [0.15, 0.2) is 0 Å². The topological polar surface area (TPSA) is 78.5 Å². The molecule has 2 aliphatic rings. The van der Waals surface area contributed by atoms with E-state index in [2.05, 4.69) is 10.6 Å². The summed E-state index contributed by atoms with van der Waals surface area (Å²) in [4.78, 5) is 38.5. The highest BCUT2D eigenvalue weighted by Crippen LogP contribution is 2.24. The average molecular weight is 442 g/mol. The second-order valence-electron chi connectivity index (χ2n) is 7.71. The van der Waals surface area contributed by atoms with E-state index in [0.29, 0.717) is 30.7 Å². The van der Waals surface area contributed by atoms with Crippen molar-refractivity contribution in [3.05, 3.63) is 65.5 Å². The fraction of sp³-hybridized carbons (Fsp3) is 0.348. The molecule has 2 atom stereocenters. The van der Waals surface area contributed by atoms with Crippen molar-refractivity contribution in [2.45, 2.75) is 37.1 Å². The first-order valence-corrected chi connectivity index (χ1v) is 11.4. The number of thioether (sulfide) groups is 1. The van der Waals surface area contributed by atoms with E-state index < -0.39 is 11.3 Å². The Morgan fingerprint density at radius 3 is 2.61 bits per heavy atom. The summed E-state index contributed by atoms with van der Waals surface area (Å²) in [5, 5.41) is 5.19. The summed E-state index contributed by atoms with van der Waals surface area (Å²) in [5.41, 5.74) is 2.28. The Balaban J connectivity index is 1.26. The first-order valence-electron chi connectivity index (χ1n) is 10.3. The number of hydrogen-bond donors (Lipinski definition) is 2. The van der Waals surface area contributed by atoms with E-state index in [-0.39, 0.29) is 23.5 Å². The average Bonchev–Trinajstić information content (AvgIpc) is 3.21. The maximum absolute atomic E-state index is 13.8. The van der Waals surface area contributed by atoms with Crippen molar-refractivity contribution in [3.8, 4) is 0 Å². The fourth-order valence-electron chi connectivity index (χ4n) is 3.78. The van der Waals surface area contributed by atoms with Crippen LogP contribution in [-0.4, -0.2) is 41.3 Å². The van der Waals surface area contributed by atoms with E-state index >= 15 is 0 Å². The Hall–Kier alpha value is -2.87. The van der Waals surface area contributed by atoms with Gasteiger partial charge in [-0.3, -0.25) is 14.4 Å². The molecule has 6 nitrogen and oxygen atoms in total. The van der Waals surface area contributed by atoms with Crippen molar-refractivity contribution in [2.24, 2.45) is 0 Å². The molecule has 0 unspecified atom stereocenters. The molecule has 2 aliphatic heterocycles. The van der Waals surface area contributed by atoms with Gasteiger partial charge in [-0.05, 0) is 42.2 Å². The molecule has 0 aliphatic carbocycles. The predicted octanol–water partition coefficient (Wildman–Crippen LogP) is 2.41. The molecule has 2 N–H and O–H groups in total. The van der Waals surface area contributed by atoms with Gasteiger partial charge in [0.2, 0.25) is 17.7 Å². The molecular formula is C23H24FN3O3S. The zero-order valence-electron chi connectivity index (χ0n) is 17.0. The van der Waals surface area contributed by atoms with Gasteiger partial charge in [-0.1, -0.05) is 30.3 Å². The Kier molecular flexibility index (Phi) is 6.56. The lowest BCUT2D eigenvalue weighted by Gasteiger charge is -2.28. The monoisotopic (exact) mass is 441 g/mol. The van der Waals surface area contributed by atoms with Gasteiger partial charge in [-0.2, -0.15) is 0 Å². The van der Waals surface area contributed by atoms with Crippen LogP contribution in [0.3, 0.4) is 0 Å². The van der Waals surface area contributed by atoms with Crippen LogP contribution in [0.4, 0.5) is 10.1 Å². The summed E-state index contributed by atoms with van der Waals surface area (Å²) in [6, 6.07) is 13.4. The highest BCUT2D eigenvalue weighted by molar-refractivity contribution is 8.00. The van der Waals surface area contributed by atoms with Gasteiger partial charge in [0.05, 0.1) is 5.25 Å². The van der Waals surface area contributed by atoms with Crippen LogP contribution < -0.4 is 15.5 Å². The Morgan fingerprint density at radius 2 is 1.94 bits per heavy atom. The van der Waals surface area contributed by atoms with E-state index in [1.54, 1.807) is 23.1 Å². The zero-order valence-corrected chi connectivity index (χ0v) is 17.8. The van der Waals surface area contributed by atoms with Crippen LogP contribution in [0.25, 0.3) is 0 Å². The molecule has 8 heteroatoms. The maximum Gasteiger partial charge on any atom is 0.243 e. The molecule has 0 radical (unpaired) electrons. The molecule has 4 rings (SSSR count). The summed E-state index contributed by atoms with van der Waals surface area (Å²) in [5.74, 6) is -0.244. The molecule has 0 spiro atoms. The number of rotatable bonds is 6. The van der Waals surface area contributed by atoms with Crippen molar-refractivity contribution in [3.63, 3.8) is 0 Å². The van der Waals surface area contributed by atoms with Crippen LogP contribution in [0.1, 0.15) is 24.0 Å². The van der Waals surface area contributed by atoms with Gasteiger partial charge in [-0.15, -0.1) is 11.8 Å². The van der Waals surface area contributed by atoms with Crippen molar-refractivity contribution in [2.75, 3.05) is 17.2 Å². The third-order valence-corrected chi connectivity index (χ3v) is 6.85. The largest absolute Gasteiger partial charge is 0.350 e. The Bertz CT molecular complexity index is 982. The van der Waals surface area contributed by atoms with Gasteiger partial charge in [0, 0.05) is 31.0 Å². The molecule has 2 saturated heterocycles. The molecule has 2 heterocycles. The minimum Gasteiger partial charge on any atom is -0.350 e. The number of nitrogens with one attached hydrogen (secondary N) is 2. The summed E-state index contributed by atoms with van der Waals surface area (Å²) in [6.45, 7) is 1.08. The third-order valence-electron chi connectivity index (χ3n) is 5.54. The summed E-state index contributed by atoms with van der Waals surface area (Å²) in [6.07, 6.45) is 1.76. The van der Waals surface area contributed by atoms with E-state index in [0.717, 1.165) is 24.2 Å².